The topological polar surface area (TPSA) is 80.1 Å². The Morgan fingerprint density at radius 2 is 1.33 bits per heavy atom. The van der Waals surface area contributed by atoms with Crippen LogP contribution in [-0.4, -0.2) is 19.1 Å². The molecule has 7 heteroatoms. The molecule has 0 fully saturated rings. The average Bonchev–Trinajstić information content (AvgIpc) is 3.33. The lowest BCUT2D eigenvalue weighted by Crippen LogP contribution is -2.33. The van der Waals surface area contributed by atoms with Crippen LogP contribution in [0.15, 0.2) is 115 Å². The summed E-state index contributed by atoms with van der Waals surface area (Å²) in [6, 6.07) is 37.2. The number of carbonyl (C=O) groups excluding carboxylic acids is 1. The Balaban J connectivity index is 1.41. The van der Waals surface area contributed by atoms with Gasteiger partial charge in [0.05, 0.1) is 22.6 Å². The minimum absolute atomic E-state index is 0.434. The molecule has 1 spiro atoms. The van der Waals surface area contributed by atoms with Crippen molar-refractivity contribution >= 4 is 34.4 Å². The molecule has 214 valence electrons. The normalized spacial score (nSPS) is 13.8. The Morgan fingerprint density at radius 3 is 1.95 bits per heavy atom. The number of nitrogens with two attached hydrogens (primary N) is 1. The molecule has 5 aromatic rings. The summed E-state index contributed by atoms with van der Waals surface area (Å²) >= 11 is 0. The molecule has 5 aromatic carbocycles. The maximum Gasteiger partial charge on any atom is 0.342 e. The van der Waals surface area contributed by atoms with Crippen molar-refractivity contribution in [3.8, 4) is 11.5 Å². The second-order valence-corrected chi connectivity index (χ2v) is 10.6. The fraction of sp³-hybridized carbons (Fsp3) is 0.139. The molecular weight excluding hydrogens is 536 g/mol. The van der Waals surface area contributed by atoms with Crippen LogP contribution in [0.3, 0.4) is 0 Å². The van der Waals surface area contributed by atoms with E-state index in [1.165, 1.54) is 0 Å². The second-order valence-electron chi connectivity index (χ2n) is 10.6. The summed E-state index contributed by atoms with van der Waals surface area (Å²) < 4.78 is 12.7. The summed E-state index contributed by atoms with van der Waals surface area (Å²) in [7, 11) is 0. The minimum atomic E-state index is -1.21. The van der Waals surface area contributed by atoms with E-state index in [4.69, 9.17) is 15.2 Å². The number of nitrogen functional groups attached to an aromatic ring is 1. The maximum absolute atomic E-state index is 14.1. The number of nitrogens with zero attached hydrogens (tertiary/aromatic N) is 2. The monoisotopic (exact) mass is 568 g/mol. The molecule has 0 saturated carbocycles. The highest BCUT2D eigenvalue weighted by atomic mass is 16.6. The first-order chi connectivity index (χ1) is 21.0. The molecule has 2 heterocycles. The lowest BCUT2D eigenvalue weighted by molar-refractivity contribution is 0.0225. The van der Waals surface area contributed by atoms with E-state index < -0.39 is 11.6 Å². The number of para-hydroxylation sites is 3. The molecule has 3 N–H and O–H groups in total. The number of benzene rings is 5. The van der Waals surface area contributed by atoms with Gasteiger partial charge in [0.15, 0.2) is 5.60 Å². The Labute approximate surface area is 251 Å². The van der Waals surface area contributed by atoms with Crippen LogP contribution >= 0.6 is 0 Å². The van der Waals surface area contributed by atoms with Crippen molar-refractivity contribution in [1.82, 2.24) is 0 Å². The van der Waals surface area contributed by atoms with Crippen LogP contribution < -0.4 is 25.8 Å². The van der Waals surface area contributed by atoms with Gasteiger partial charge in [-0.1, -0.05) is 54.6 Å². The van der Waals surface area contributed by atoms with Crippen molar-refractivity contribution in [2.45, 2.75) is 19.4 Å². The number of carbonyl (C=O) groups is 1. The molecule has 43 heavy (non-hydrogen) atoms. The summed E-state index contributed by atoms with van der Waals surface area (Å²) in [6.07, 6.45) is 0. The summed E-state index contributed by atoms with van der Waals surface area (Å²) in [5.74, 6) is 0.838. The van der Waals surface area contributed by atoms with E-state index in [9.17, 15) is 4.79 Å². The van der Waals surface area contributed by atoms with Crippen molar-refractivity contribution in [3.05, 3.63) is 138 Å². The SMILES string of the molecule is CCN(CC)c1ccc(NN(c2ccccc2)c2cc(N)cc3c2C(=O)OC32c3ccccc3Oc3ccccc32)cc1. The van der Waals surface area contributed by atoms with E-state index in [0.29, 0.717) is 34.0 Å². The van der Waals surface area contributed by atoms with Crippen molar-refractivity contribution in [3.63, 3.8) is 0 Å². The number of hydrazine groups is 1. The highest BCUT2D eigenvalue weighted by molar-refractivity contribution is 6.04. The largest absolute Gasteiger partial charge is 0.456 e. The zero-order valence-corrected chi connectivity index (χ0v) is 24.1. The van der Waals surface area contributed by atoms with Gasteiger partial charge in [-0.2, -0.15) is 0 Å². The molecule has 0 saturated heterocycles. The predicted octanol–water partition coefficient (Wildman–Crippen LogP) is 7.85. The number of anilines is 5. The fourth-order valence-electron chi connectivity index (χ4n) is 6.22. The number of ether oxygens (including phenoxy) is 2. The predicted molar refractivity (Wildman–Crippen MR) is 171 cm³/mol. The highest BCUT2D eigenvalue weighted by Crippen LogP contribution is 2.57. The lowest BCUT2D eigenvalue weighted by Gasteiger charge is -2.36. The van der Waals surface area contributed by atoms with E-state index in [-0.39, 0.29) is 0 Å². The summed E-state index contributed by atoms with van der Waals surface area (Å²) in [6.45, 7) is 6.15. The van der Waals surface area contributed by atoms with Gasteiger partial charge in [-0.05, 0) is 74.5 Å². The molecule has 2 aliphatic heterocycles. The van der Waals surface area contributed by atoms with Crippen LogP contribution in [0.4, 0.5) is 28.4 Å². The van der Waals surface area contributed by atoms with Crippen LogP contribution in [0, 0.1) is 0 Å². The minimum Gasteiger partial charge on any atom is -0.456 e. The quantitative estimate of drug-likeness (QED) is 0.118. The number of rotatable bonds is 7. The first-order valence-electron chi connectivity index (χ1n) is 14.5. The summed E-state index contributed by atoms with van der Waals surface area (Å²) in [5.41, 5.74) is 15.5. The number of nitrogens with one attached hydrogen (secondary N) is 1. The summed E-state index contributed by atoms with van der Waals surface area (Å²) in [4.78, 5) is 16.4. The van der Waals surface area contributed by atoms with Gasteiger partial charge in [0.25, 0.3) is 0 Å². The molecule has 0 amide bonds. The molecule has 7 rings (SSSR count). The highest BCUT2D eigenvalue weighted by Gasteiger charge is 2.54. The number of esters is 1. The summed E-state index contributed by atoms with van der Waals surface area (Å²) in [5, 5.41) is 1.90. The van der Waals surface area contributed by atoms with E-state index in [1.54, 1.807) is 0 Å². The smallest absolute Gasteiger partial charge is 0.342 e. The third-order valence-corrected chi connectivity index (χ3v) is 8.21. The van der Waals surface area contributed by atoms with E-state index >= 15 is 0 Å². The van der Waals surface area contributed by atoms with Gasteiger partial charge >= 0.3 is 5.97 Å². The molecule has 0 bridgehead atoms. The van der Waals surface area contributed by atoms with Crippen molar-refractivity contribution in [2.75, 3.05) is 34.2 Å². The molecular formula is C36H32N4O3. The van der Waals surface area contributed by atoms with Crippen LogP contribution in [0.5, 0.6) is 11.5 Å². The third-order valence-electron chi connectivity index (χ3n) is 8.21. The number of fused-ring (bicyclic) bond motifs is 6. The lowest BCUT2D eigenvalue weighted by atomic mass is 9.77. The first kappa shape index (κ1) is 26.5. The zero-order chi connectivity index (χ0) is 29.6. The zero-order valence-electron chi connectivity index (χ0n) is 24.1. The standard InChI is InChI=1S/C36H32N4O3/c1-3-39(4-2)26-20-18-25(19-21-26)38-40(27-12-6-5-7-13-27)31-23-24(37)22-30-34(31)35(41)43-36(30)28-14-8-10-16-32(28)42-33-17-11-9-15-29(33)36/h5-23,38H,3-4,37H2,1-2H3. The van der Waals surface area contributed by atoms with Crippen LogP contribution in [0.2, 0.25) is 0 Å². The van der Waals surface area contributed by atoms with Crippen LogP contribution in [-0.2, 0) is 10.3 Å². The molecule has 0 aliphatic carbocycles. The first-order valence-corrected chi connectivity index (χ1v) is 14.5. The van der Waals surface area contributed by atoms with Gasteiger partial charge in [0.1, 0.15) is 11.5 Å². The average molecular weight is 569 g/mol. The van der Waals surface area contributed by atoms with Gasteiger partial charge in [-0.15, -0.1) is 0 Å². The molecule has 0 atom stereocenters. The third kappa shape index (κ3) is 4.24. The van der Waals surface area contributed by atoms with E-state index in [2.05, 4.69) is 36.3 Å². The molecule has 0 aromatic heterocycles. The van der Waals surface area contributed by atoms with E-state index in [1.807, 2.05) is 108 Å². The number of hydrogen-bond acceptors (Lipinski definition) is 7. The molecule has 0 unspecified atom stereocenters. The van der Waals surface area contributed by atoms with Gasteiger partial charge in [-0.25, -0.2) is 4.79 Å². The van der Waals surface area contributed by atoms with Gasteiger partial charge in [0.2, 0.25) is 0 Å². The van der Waals surface area contributed by atoms with Gasteiger partial charge in [-0.3, -0.25) is 10.4 Å². The number of hydrogen-bond donors (Lipinski definition) is 2. The Kier molecular flexibility index (Phi) is 6.43. The van der Waals surface area contributed by atoms with Crippen LogP contribution in [0.25, 0.3) is 0 Å². The molecule has 0 radical (unpaired) electrons. The van der Waals surface area contributed by atoms with Gasteiger partial charge in [0, 0.05) is 41.2 Å². The molecule has 2 aliphatic rings. The van der Waals surface area contributed by atoms with Crippen molar-refractivity contribution < 1.29 is 14.3 Å². The maximum atomic E-state index is 14.1. The van der Waals surface area contributed by atoms with E-state index in [0.717, 1.165) is 41.3 Å². The Hall–Kier alpha value is -5.43. The fourth-order valence-corrected chi connectivity index (χ4v) is 6.22. The Bertz CT molecular complexity index is 1770. The van der Waals surface area contributed by atoms with Gasteiger partial charge < -0.3 is 20.1 Å². The van der Waals surface area contributed by atoms with Crippen LogP contribution in [0.1, 0.15) is 40.9 Å². The molecule has 7 nitrogen and oxygen atoms in total. The van der Waals surface area contributed by atoms with Crippen molar-refractivity contribution in [2.24, 2.45) is 0 Å². The second kappa shape index (κ2) is 10.4. The Morgan fingerprint density at radius 1 is 0.721 bits per heavy atom. The van der Waals surface area contributed by atoms with Crippen molar-refractivity contribution in [1.29, 1.82) is 0 Å².